The van der Waals surface area contributed by atoms with Gasteiger partial charge in [0.05, 0.1) is 6.61 Å². The minimum absolute atomic E-state index is 0.699. The van der Waals surface area contributed by atoms with E-state index in [0.29, 0.717) is 5.25 Å². The molecule has 1 atom stereocenters. The Morgan fingerprint density at radius 1 is 1.67 bits per heavy atom. The molecule has 0 aromatic rings. The summed E-state index contributed by atoms with van der Waals surface area (Å²) >= 11 is 1.82. The van der Waals surface area contributed by atoms with Crippen LogP contribution in [0.4, 0.5) is 0 Å². The Morgan fingerprint density at radius 2 is 2.44 bits per heavy atom. The first-order chi connectivity index (χ1) is 4.36. The molecule has 1 aliphatic heterocycles. The highest BCUT2D eigenvalue weighted by Gasteiger charge is 2.20. The lowest BCUT2D eigenvalue weighted by atomic mass is 10.3. The minimum atomic E-state index is 0.699. The molecule has 1 rings (SSSR count). The summed E-state index contributed by atoms with van der Waals surface area (Å²) < 4.78 is 1.95. The normalized spacial score (nSPS) is 29.3. The van der Waals surface area contributed by atoms with Crippen LogP contribution in [0.2, 0.25) is 0 Å². The Morgan fingerprint density at radius 3 is 2.78 bits per heavy atom. The SMILES string of the molecule is CCC1CON(CC)S1. The van der Waals surface area contributed by atoms with Crippen molar-refractivity contribution in [1.82, 2.24) is 4.47 Å². The summed E-state index contributed by atoms with van der Waals surface area (Å²) in [6, 6.07) is 0. The van der Waals surface area contributed by atoms with Gasteiger partial charge in [0.2, 0.25) is 0 Å². The molecule has 0 radical (unpaired) electrons. The lowest BCUT2D eigenvalue weighted by Crippen LogP contribution is -2.07. The Balaban J connectivity index is 2.20. The van der Waals surface area contributed by atoms with Gasteiger partial charge >= 0.3 is 0 Å². The van der Waals surface area contributed by atoms with E-state index in [0.717, 1.165) is 13.2 Å². The maximum atomic E-state index is 5.30. The van der Waals surface area contributed by atoms with Crippen LogP contribution in [0.1, 0.15) is 20.3 Å². The van der Waals surface area contributed by atoms with Crippen LogP contribution in [0.5, 0.6) is 0 Å². The summed E-state index contributed by atoms with van der Waals surface area (Å²) in [5.74, 6) is 0. The molecule has 0 N–H and O–H groups in total. The van der Waals surface area contributed by atoms with Gasteiger partial charge in [-0.25, -0.2) is 0 Å². The van der Waals surface area contributed by atoms with Crippen LogP contribution in [0.3, 0.4) is 0 Å². The van der Waals surface area contributed by atoms with Crippen molar-refractivity contribution in [3.8, 4) is 0 Å². The van der Waals surface area contributed by atoms with Crippen LogP contribution in [0.25, 0.3) is 0 Å². The highest BCUT2D eigenvalue weighted by atomic mass is 32.2. The number of rotatable bonds is 2. The van der Waals surface area contributed by atoms with E-state index in [2.05, 4.69) is 13.8 Å². The minimum Gasteiger partial charge on any atom is -0.287 e. The average molecular weight is 147 g/mol. The Labute approximate surface area is 60.6 Å². The standard InChI is InChI=1S/C6H13NOS/c1-3-6-5-8-7(4-2)9-6/h6H,3-5H2,1-2H3. The molecule has 1 aliphatic rings. The van der Waals surface area contributed by atoms with Gasteiger partial charge in [0.25, 0.3) is 0 Å². The predicted octanol–water partition coefficient (Wildman–Crippen LogP) is 1.68. The number of hydrogen-bond donors (Lipinski definition) is 0. The summed E-state index contributed by atoms with van der Waals surface area (Å²) in [4.78, 5) is 5.30. The van der Waals surface area contributed by atoms with Crippen molar-refractivity contribution in [2.75, 3.05) is 13.2 Å². The molecule has 0 aromatic heterocycles. The summed E-state index contributed by atoms with van der Waals surface area (Å²) in [6.45, 7) is 6.18. The fourth-order valence-electron chi connectivity index (χ4n) is 0.752. The van der Waals surface area contributed by atoms with Crippen molar-refractivity contribution in [2.24, 2.45) is 0 Å². The van der Waals surface area contributed by atoms with Gasteiger partial charge < -0.3 is 0 Å². The largest absolute Gasteiger partial charge is 0.287 e. The quantitative estimate of drug-likeness (QED) is 0.551. The van der Waals surface area contributed by atoms with Crippen LogP contribution in [0.15, 0.2) is 0 Å². The number of nitrogens with zero attached hydrogens (tertiary/aromatic N) is 1. The number of hydrogen-bond acceptors (Lipinski definition) is 3. The molecule has 54 valence electrons. The van der Waals surface area contributed by atoms with Gasteiger partial charge in [0.1, 0.15) is 0 Å². The summed E-state index contributed by atoms with van der Waals surface area (Å²) in [7, 11) is 0. The van der Waals surface area contributed by atoms with E-state index in [1.807, 2.05) is 16.4 Å². The monoisotopic (exact) mass is 147 g/mol. The van der Waals surface area contributed by atoms with Crippen LogP contribution in [0, 0.1) is 0 Å². The van der Waals surface area contributed by atoms with E-state index >= 15 is 0 Å². The lowest BCUT2D eigenvalue weighted by molar-refractivity contribution is -0.0510. The van der Waals surface area contributed by atoms with E-state index in [1.54, 1.807) is 0 Å². The maximum Gasteiger partial charge on any atom is 0.0828 e. The summed E-state index contributed by atoms with van der Waals surface area (Å²) in [5.41, 5.74) is 0. The van der Waals surface area contributed by atoms with E-state index in [9.17, 15) is 0 Å². The first kappa shape index (κ1) is 7.38. The molecule has 9 heavy (non-hydrogen) atoms. The lowest BCUT2D eigenvalue weighted by Gasteiger charge is -2.07. The van der Waals surface area contributed by atoms with Gasteiger partial charge in [-0.15, -0.1) is 4.47 Å². The van der Waals surface area contributed by atoms with E-state index in [4.69, 9.17) is 4.84 Å². The molecule has 0 saturated carbocycles. The fourth-order valence-corrected chi connectivity index (χ4v) is 1.63. The van der Waals surface area contributed by atoms with Crippen LogP contribution in [-0.2, 0) is 4.84 Å². The average Bonchev–Trinajstić information content (AvgIpc) is 2.34. The van der Waals surface area contributed by atoms with Crippen LogP contribution >= 0.6 is 11.9 Å². The predicted molar refractivity (Wildman–Crippen MR) is 40.0 cm³/mol. The van der Waals surface area contributed by atoms with Crippen molar-refractivity contribution < 1.29 is 4.84 Å². The second kappa shape index (κ2) is 3.44. The zero-order valence-corrected chi connectivity index (χ0v) is 6.78. The molecule has 0 aliphatic carbocycles. The van der Waals surface area contributed by atoms with Gasteiger partial charge in [0.15, 0.2) is 0 Å². The summed E-state index contributed by atoms with van der Waals surface area (Å²) in [5, 5.41) is 0.699. The Kier molecular flexibility index (Phi) is 2.82. The van der Waals surface area contributed by atoms with Gasteiger partial charge in [-0.3, -0.25) is 4.84 Å². The van der Waals surface area contributed by atoms with Crippen LogP contribution < -0.4 is 0 Å². The molecule has 3 heteroatoms. The zero-order valence-electron chi connectivity index (χ0n) is 5.96. The van der Waals surface area contributed by atoms with E-state index in [1.165, 1.54) is 6.42 Å². The van der Waals surface area contributed by atoms with Crippen molar-refractivity contribution in [2.45, 2.75) is 25.5 Å². The third kappa shape index (κ3) is 1.85. The molecule has 1 heterocycles. The van der Waals surface area contributed by atoms with Gasteiger partial charge in [-0.2, -0.15) is 0 Å². The van der Waals surface area contributed by atoms with Crippen molar-refractivity contribution >= 4 is 11.9 Å². The molecule has 2 nitrogen and oxygen atoms in total. The maximum absolute atomic E-state index is 5.30. The second-order valence-corrected chi connectivity index (χ2v) is 3.37. The highest BCUT2D eigenvalue weighted by Crippen LogP contribution is 2.26. The Hall–Kier alpha value is 0.270. The zero-order chi connectivity index (χ0) is 6.69. The van der Waals surface area contributed by atoms with Gasteiger partial charge in [-0.05, 0) is 25.3 Å². The molecule has 0 amide bonds. The Bertz CT molecular complexity index is 79.1. The topological polar surface area (TPSA) is 12.5 Å². The fraction of sp³-hybridized carbons (Fsp3) is 1.00. The molecule has 0 aromatic carbocycles. The van der Waals surface area contributed by atoms with Gasteiger partial charge in [0, 0.05) is 11.8 Å². The van der Waals surface area contributed by atoms with Crippen molar-refractivity contribution in [1.29, 1.82) is 0 Å². The summed E-state index contributed by atoms with van der Waals surface area (Å²) in [6.07, 6.45) is 1.21. The third-order valence-electron chi connectivity index (χ3n) is 1.38. The van der Waals surface area contributed by atoms with Crippen LogP contribution in [-0.4, -0.2) is 22.9 Å². The van der Waals surface area contributed by atoms with Crippen molar-refractivity contribution in [3.63, 3.8) is 0 Å². The third-order valence-corrected chi connectivity index (χ3v) is 2.75. The first-order valence-corrected chi connectivity index (χ1v) is 4.27. The molecule has 1 unspecified atom stereocenters. The van der Waals surface area contributed by atoms with Gasteiger partial charge in [-0.1, -0.05) is 6.92 Å². The molecular formula is C6H13NOS. The van der Waals surface area contributed by atoms with Crippen molar-refractivity contribution in [3.05, 3.63) is 0 Å². The smallest absolute Gasteiger partial charge is 0.0828 e. The number of hydroxylamine groups is 1. The van der Waals surface area contributed by atoms with E-state index in [-0.39, 0.29) is 0 Å². The molecular weight excluding hydrogens is 134 g/mol. The molecule has 1 saturated heterocycles. The van der Waals surface area contributed by atoms with E-state index < -0.39 is 0 Å². The molecule has 0 spiro atoms. The molecule has 0 bridgehead atoms. The second-order valence-electron chi connectivity index (χ2n) is 2.08. The first-order valence-electron chi connectivity index (χ1n) is 3.44. The highest BCUT2D eigenvalue weighted by molar-refractivity contribution is 7.97. The molecule has 1 fully saturated rings.